The molecule has 0 aromatic heterocycles. The highest BCUT2D eigenvalue weighted by Gasteiger charge is 2.32. The molecule has 0 aliphatic carbocycles. The molecular formula is C30H34O2. The quantitative estimate of drug-likeness (QED) is 0.344. The van der Waals surface area contributed by atoms with Crippen molar-refractivity contribution in [3.8, 4) is 22.6 Å². The number of aromatic hydroxyl groups is 2. The van der Waals surface area contributed by atoms with Crippen LogP contribution in [0, 0.1) is 10.8 Å². The molecule has 32 heavy (non-hydrogen) atoms. The Morgan fingerprint density at radius 1 is 0.625 bits per heavy atom. The van der Waals surface area contributed by atoms with Crippen LogP contribution in [0.3, 0.4) is 0 Å². The normalized spacial score (nSPS) is 13.6. The van der Waals surface area contributed by atoms with Gasteiger partial charge in [0.15, 0.2) is 0 Å². The Kier molecular flexibility index (Phi) is 5.45. The predicted molar refractivity (Wildman–Crippen MR) is 136 cm³/mol. The zero-order chi connectivity index (χ0) is 23.3. The molecule has 0 radical (unpaired) electrons. The summed E-state index contributed by atoms with van der Waals surface area (Å²) in [5, 5.41) is 26.0. The number of phenols is 2. The van der Waals surface area contributed by atoms with Crippen molar-refractivity contribution < 1.29 is 10.2 Å². The van der Waals surface area contributed by atoms with Crippen molar-refractivity contribution in [2.45, 2.75) is 53.9 Å². The van der Waals surface area contributed by atoms with Crippen LogP contribution >= 0.6 is 0 Å². The van der Waals surface area contributed by atoms with Crippen LogP contribution in [0.4, 0.5) is 0 Å². The molecule has 0 heterocycles. The van der Waals surface area contributed by atoms with Crippen molar-refractivity contribution in [2.24, 2.45) is 10.8 Å². The average molecular weight is 427 g/mol. The van der Waals surface area contributed by atoms with E-state index < -0.39 is 0 Å². The van der Waals surface area contributed by atoms with Gasteiger partial charge in [-0.15, -0.1) is 0 Å². The van der Waals surface area contributed by atoms with E-state index >= 15 is 0 Å². The Morgan fingerprint density at radius 3 is 1.88 bits per heavy atom. The maximum Gasteiger partial charge on any atom is 0.124 e. The zero-order valence-electron chi connectivity index (χ0n) is 20.0. The van der Waals surface area contributed by atoms with Gasteiger partial charge in [-0.3, -0.25) is 0 Å². The first-order chi connectivity index (χ1) is 15.0. The van der Waals surface area contributed by atoms with Crippen LogP contribution in [-0.4, -0.2) is 10.2 Å². The summed E-state index contributed by atoms with van der Waals surface area (Å²) in [6.07, 6.45) is 1.06. The van der Waals surface area contributed by atoms with Gasteiger partial charge in [-0.2, -0.15) is 0 Å². The van der Waals surface area contributed by atoms with Gasteiger partial charge in [0.1, 0.15) is 11.5 Å². The van der Waals surface area contributed by atoms with Crippen LogP contribution in [0.2, 0.25) is 0 Å². The van der Waals surface area contributed by atoms with E-state index in [1.807, 2.05) is 36.4 Å². The molecule has 166 valence electrons. The second kappa shape index (κ2) is 7.85. The summed E-state index contributed by atoms with van der Waals surface area (Å²) in [5.74, 6) is 0.716. The Morgan fingerprint density at radius 2 is 1.22 bits per heavy atom. The number of fused-ring (bicyclic) bond motifs is 2. The second-order valence-corrected chi connectivity index (χ2v) is 11.3. The Balaban J connectivity index is 2.05. The molecule has 0 saturated carbocycles. The highest BCUT2D eigenvalue weighted by molar-refractivity contribution is 6.10. The van der Waals surface area contributed by atoms with Crippen molar-refractivity contribution in [3.05, 3.63) is 72.3 Å². The van der Waals surface area contributed by atoms with E-state index in [1.54, 1.807) is 12.1 Å². The van der Waals surface area contributed by atoms with Crippen molar-refractivity contribution >= 4 is 21.5 Å². The van der Waals surface area contributed by atoms with Crippen molar-refractivity contribution in [3.63, 3.8) is 0 Å². The summed E-state index contributed by atoms with van der Waals surface area (Å²) >= 11 is 0. The maximum absolute atomic E-state index is 11.0. The third-order valence-corrected chi connectivity index (χ3v) is 6.47. The predicted octanol–water partition coefficient (Wildman–Crippen LogP) is 8.64. The summed E-state index contributed by atoms with van der Waals surface area (Å²) in [6.45, 7) is 13.8. The molecule has 0 saturated heterocycles. The van der Waals surface area contributed by atoms with E-state index in [1.165, 1.54) is 5.56 Å². The van der Waals surface area contributed by atoms with Crippen molar-refractivity contribution in [1.29, 1.82) is 0 Å². The fraction of sp³-hybridized carbons (Fsp3) is 0.333. The van der Waals surface area contributed by atoms with E-state index in [2.05, 4.69) is 59.7 Å². The van der Waals surface area contributed by atoms with Crippen molar-refractivity contribution in [2.75, 3.05) is 0 Å². The third kappa shape index (κ3) is 4.07. The minimum atomic E-state index is 0.0845. The zero-order valence-corrected chi connectivity index (χ0v) is 20.0. The molecule has 4 rings (SSSR count). The molecule has 4 aromatic carbocycles. The van der Waals surface area contributed by atoms with Gasteiger partial charge in [-0.05, 0) is 62.4 Å². The van der Waals surface area contributed by atoms with Gasteiger partial charge < -0.3 is 10.2 Å². The average Bonchev–Trinajstić information content (AvgIpc) is 2.71. The van der Waals surface area contributed by atoms with Gasteiger partial charge in [-0.25, -0.2) is 0 Å². The van der Waals surface area contributed by atoms with E-state index in [0.717, 1.165) is 28.0 Å². The van der Waals surface area contributed by atoms with E-state index in [4.69, 9.17) is 0 Å². The lowest BCUT2D eigenvalue weighted by molar-refractivity contribution is 0.230. The molecule has 0 amide bonds. The van der Waals surface area contributed by atoms with E-state index in [9.17, 15) is 10.2 Å². The summed E-state index contributed by atoms with van der Waals surface area (Å²) in [4.78, 5) is 0. The van der Waals surface area contributed by atoms with E-state index in [0.29, 0.717) is 17.0 Å². The number of phenolic OH excluding ortho intramolecular Hbond substituents is 2. The summed E-state index contributed by atoms with van der Waals surface area (Å²) in [7, 11) is 0. The fourth-order valence-electron chi connectivity index (χ4n) is 4.96. The van der Waals surface area contributed by atoms with Crippen LogP contribution in [-0.2, 0) is 0 Å². The van der Waals surface area contributed by atoms with Crippen LogP contribution < -0.4 is 0 Å². The highest BCUT2D eigenvalue weighted by atomic mass is 16.3. The minimum absolute atomic E-state index is 0.0845. The van der Waals surface area contributed by atoms with Gasteiger partial charge in [-0.1, -0.05) is 96.1 Å². The molecule has 1 unspecified atom stereocenters. The number of rotatable bonds is 3. The van der Waals surface area contributed by atoms with Crippen LogP contribution in [0.1, 0.15) is 59.4 Å². The SMILES string of the molecule is CC(C)(C)CC(c1cccc2c(-c3c(O)ccc4ccccc34)c(O)ccc12)C(C)(C)C. The Hall–Kier alpha value is -3.00. The van der Waals surface area contributed by atoms with Crippen LogP contribution in [0.25, 0.3) is 32.7 Å². The van der Waals surface area contributed by atoms with Gasteiger partial charge in [0.05, 0.1) is 0 Å². The molecule has 0 aliphatic rings. The largest absolute Gasteiger partial charge is 0.507 e. The first-order valence-electron chi connectivity index (χ1n) is 11.4. The first kappa shape index (κ1) is 22.2. The molecule has 1 atom stereocenters. The summed E-state index contributed by atoms with van der Waals surface area (Å²) in [6, 6.07) is 21.8. The standard InChI is InChI=1S/C30H34O2/c1-29(2,3)18-24(30(4,5)6)22-12-9-13-23-21(22)15-17-26(32)28(23)27-20-11-8-7-10-19(20)14-16-25(27)31/h7-17,24,31-32H,18H2,1-6H3. The molecule has 2 heteroatoms. The first-order valence-corrected chi connectivity index (χ1v) is 11.4. The fourth-order valence-corrected chi connectivity index (χ4v) is 4.96. The van der Waals surface area contributed by atoms with Crippen LogP contribution in [0.15, 0.2) is 66.7 Å². The highest BCUT2D eigenvalue weighted by Crippen LogP contribution is 2.49. The number of benzene rings is 4. The second-order valence-electron chi connectivity index (χ2n) is 11.3. The molecule has 0 bridgehead atoms. The summed E-state index contributed by atoms with van der Waals surface area (Å²) in [5.41, 5.74) is 2.95. The Bertz CT molecular complexity index is 1290. The number of hydrogen-bond acceptors (Lipinski definition) is 2. The van der Waals surface area contributed by atoms with Gasteiger partial charge >= 0.3 is 0 Å². The lowest BCUT2D eigenvalue weighted by atomic mass is 9.68. The molecule has 2 nitrogen and oxygen atoms in total. The summed E-state index contributed by atoms with van der Waals surface area (Å²) < 4.78 is 0. The van der Waals surface area contributed by atoms with E-state index in [-0.39, 0.29) is 22.3 Å². The molecule has 0 spiro atoms. The molecule has 0 aliphatic heterocycles. The molecule has 4 aromatic rings. The Labute approximate surface area is 191 Å². The van der Waals surface area contributed by atoms with Gasteiger partial charge in [0.2, 0.25) is 0 Å². The minimum Gasteiger partial charge on any atom is -0.507 e. The monoisotopic (exact) mass is 426 g/mol. The van der Waals surface area contributed by atoms with Crippen molar-refractivity contribution in [1.82, 2.24) is 0 Å². The third-order valence-electron chi connectivity index (χ3n) is 6.47. The molecule has 2 N–H and O–H groups in total. The smallest absolute Gasteiger partial charge is 0.124 e. The van der Waals surface area contributed by atoms with Gasteiger partial charge in [0.25, 0.3) is 0 Å². The van der Waals surface area contributed by atoms with Gasteiger partial charge in [0, 0.05) is 11.1 Å². The maximum atomic E-state index is 11.0. The molecular weight excluding hydrogens is 392 g/mol. The number of hydrogen-bond donors (Lipinski definition) is 2. The van der Waals surface area contributed by atoms with Crippen LogP contribution in [0.5, 0.6) is 11.5 Å². The molecule has 0 fully saturated rings. The lowest BCUT2D eigenvalue weighted by Crippen LogP contribution is -2.24. The lowest BCUT2D eigenvalue weighted by Gasteiger charge is -2.37. The topological polar surface area (TPSA) is 40.5 Å².